The van der Waals surface area contributed by atoms with E-state index in [2.05, 4.69) is 36.9 Å². The van der Waals surface area contributed by atoms with E-state index in [1.165, 1.54) is 43.0 Å². The summed E-state index contributed by atoms with van der Waals surface area (Å²) in [7, 11) is 3.03. The average Bonchev–Trinajstić information content (AvgIpc) is 3.83. The molecule has 7 amide bonds. The number of aliphatic carboxylic acids is 1. The summed E-state index contributed by atoms with van der Waals surface area (Å²) in [6.07, 6.45) is 9.32. The SMILES string of the molecule is C#CC(=O)NC(CN[C@@H](C)C(=O)N[C@@H](C)C(=O)N(C)[C@H](C(=O)N[C@H](C(=O)N(C)[C@H](C[C@@H](OC(C)=O)c1nc(C(=O)N[C@@H](Cc2ccccc2)CC(C)C(=O)O)cs1)C(C)C)[C@@H](C)CC)C(C)C)NC(=O)C#C. The standard InChI is InChI=1S/C51H73N9O11S/c1-15-30(8)43(58-47(66)44(29(6)7)60(14)49(67)33(11)53-45(64)32(10)52-26-40(56-41(62)16-2)57-42(63)17-3)50(68)59(13)38(28(4)5)25-39(71-34(12)61)48-55-37(27-72-48)46(65)54-36(23-31(9)51(69)70)24-35-21-19-18-20-22-35/h2-3,18-22,27-33,36,38-40,43-44,52H,15,23-26H2,1,4-14H3,(H,53,64)(H,54,65)(H,56,62)(H,57,63)(H,58,66)(H,69,70)/t30-,31?,32-,33-,36+,38+,39+,43-,44-/m0/s1. The van der Waals surface area contributed by atoms with Crippen LogP contribution in [0.4, 0.5) is 0 Å². The number of terminal acetylenes is 2. The summed E-state index contributed by atoms with van der Waals surface area (Å²) >= 11 is 1.10. The van der Waals surface area contributed by atoms with Crippen LogP contribution in [0.15, 0.2) is 35.7 Å². The van der Waals surface area contributed by atoms with Crippen LogP contribution >= 0.6 is 11.3 Å². The zero-order valence-corrected chi connectivity index (χ0v) is 44.2. The Morgan fingerprint density at radius 2 is 1.36 bits per heavy atom. The Morgan fingerprint density at radius 1 is 0.764 bits per heavy atom. The number of benzene rings is 1. The molecule has 72 heavy (non-hydrogen) atoms. The Hall–Kier alpha value is -6.84. The molecule has 0 bridgehead atoms. The second-order valence-electron chi connectivity index (χ2n) is 18.7. The number of nitrogens with zero attached hydrogens (tertiary/aromatic N) is 3. The van der Waals surface area contributed by atoms with Crippen molar-refractivity contribution in [2.75, 3.05) is 20.6 Å². The molecule has 0 saturated carbocycles. The Morgan fingerprint density at radius 3 is 1.88 bits per heavy atom. The van der Waals surface area contributed by atoms with Crippen LogP contribution in [0.2, 0.25) is 0 Å². The van der Waals surface area contributed by atoms with E-state index in [9.17, 15) is 48.3 Å². The number of carbonyl (C=O) groups excluding carboxylic acids is 8. The first-order valence-corrected chi connectivity index (χ1v) is 24.8. The number of carboxylic acids is 1. The van der Waals surface area contributed by atoms with Crippen molar-refractivity contribution in [3.63, 3.8) is 0 Å². The molecule has 0 aliphatic heterocycles. The number of carboxylic acid groups (broad SMARTS) is 1. The molecule has 2 rings (SSSR count). The lowest BCUT2D eigenvalue weighted by Gasteiger charge is -2.38. The molecule has 0 aliphatic carbocycles. The second kappa shape index (κ2) is 29.5. The molecule has 394 valence electrons. The highest BCUT2D eigenvalue weighted by molar-refractivity contribution is 7.09. The molecule has 0 spiro atoms. The van der Waals surface area contributed by atoms with Gasteiger partial charge in [-0.1, -0.05) is 85.2 Å². The number of amides is 7. The minimum absolute atomic E-state index is 0.0491. The van der Waals surface area contributed by atoms with Gasteiger partial charge in [-0.15, -0.1) is 24.2 Å². The molecule has 1 aromatic heterocycles. The molecule has 1 heterocycles. The summed E-state index contributed by atoms with van der Waals surface area (Å²) in [6.45, 7) is 16.6. The number of rotatable bonds is 28. The highest BCUT2D eigenvalue weighted by atomic mass is 32.1. The van der Waals surface area contributed by atoms with E-state index in [0.29, 0.717) is 17.8 Å². The minimum Gasteiger partial charge on any atom is -0.481 e. The first-order chi connectivity index (χ1) is 33.8. The number of carbonyl (C=O) groups is 9. The molecule has 1 unspecified atom stereocenters. The Balaban J connectivity index is 2.30. The van der Waals surface area contributed by atoms with Gasteiger partial charge in [0.15, 0.2) is 6.10 Å². The number of aromatic nitrogens is 1. The number of hydrogen-bond donors (Lipinski definition) is 7. The van der Waals surface area contributed by atoms with Gasteiger partial charge < -0.3 is 51.5 Å². The van der Waals surface area contributed by atoms with Gasteiger partial charge in [0.1, 0.15) is 35.0 Å². The molecule has 7 N–H and O–H groups in total. The molecule has 0 saturated heterocycles. The molecule has 2 aromatic rings. The van der Waals surface area contributed by atoms with Crippen molar-refractivity contribution in [3.05, 3.63) is 52.0 Å². The van der Waals surface area contributed by atoms with Gasteiger partial charge in [0.05, 0.1) is 12.0 Å². The van der Waals surface area contributed by atoms with Gasteiger partial charge in [-0.2, -0.15) is 0 Å². The van der Waals surface area contributed by atoms with Crippen molar-refractivity contribution in [3.8, 4) is 24.7 Å². The van der Waals surface area contributed by atoms with E-state index in [1.807, 2.05) is 69.9 Å². The quantitative estimate of drug-likeness (QED) is 0.0367. The number of thiazole rings is 1. The number of likely N-dealkylation sites (N-methyl/N-ethyl adjacent to an activating group) is 2. The van der Waals surface area contributed by atoms with Crippen molar-refractivity contribution in [2.24, 2.45) is 23.7 Å². The first-order valence-electron chi connectivity index (χ1n) is 23.9. The maximum Gasteiger partial charge on any atom is 0.306 e. The summed E-state index contributed by atoms with van der Waals surface area (Å²) in [5, 5.41) is 27.5. The summed E-state index contributed by atoms with van der Waals surface area (Å²) < 4.78 is 5.79. The lowest BCUT2D eigenvalue weighted by Crippen LogP contribution is -2.61. The lowest BCUT2D eigenvalue weighted by molar-refractivity contribution is -0.149. The van der Waals surface area contributed by atoms with Crippen LogP contribution in [0.3, 0.4) is 0 Å². The van der Waals surface area contributed by atoms with Gasteiger partial charge >= 0.3 is 11.9 Å². The van der Waals surface area contributed by atoms with E-state index in [0.717, 1.165) is 16.9 Å². The maximum atomic E-state index is 14.6. The summed E-state index contributed by atoms with van der Waals surface area (Å²) in [5.74, 6) is -4.13. The normalized spacial score (nSPS) is 14.8. The van der Waals surface area contributed by atoms with Gasteiger partial charge in [0, 0.05) is 51.4 Å². The molecule has 9 atom stereocenters. The highest BCUT2D eigenvalue weighted by Crippen LogP contribution is 2.31. The van der Waals surface area contributed by atoms with Crippen LogP contribution in [0.5, 0.6) is 0 Å². The number of esters is 1. The van der Waals surface area contributed by atoms with Gasteiger partial charge in [0.2, 0.25) is 23.6 Å². The van der Waals surface area contributed by atoms with Crippen molar-refractivity contribution in [1.82, 2.24) is 46.7 Å². The molecular weight excluding hydrogens is 947 g/mol. The zero-order chi connectivity index (χ0) is 54.6. The monoisotopic (exact) mass is 1020 g/mol. The summed E-state index contributed by atoms with van der Waals surface area (Å²) in [4.78, 5) is 125. The van der Waals surface area contributed by atoms with Crippen molar-refractivity contribution in [1.29, 1.82) is 0 Å². The minimum atomic E-state index is -1.12. The van der Waals surface area contributed by atoms with Crippen LogP contribution < -0.4 is 31.9 Å². The van der Waals surface area contributed by atoms with Gasteiger partial charge in [-0.25, -0.2) is 4.98 Å². The van der Waals surface area contributed by atoms with Gasteiger partial charge in [-0.3, -0.25) is 43.2 Å². The zero-order valence-electron chi connectivity index (χ0n) is 43.4. The largest absolute Gasteiger partial charge is 0.481 e. The highest BCUT2D eigenvalue weighted by Gasteiger charge is 2.39. The predicted molar refractivity (Wildman–Crippen MR) is 271 cm³/mol. The Bertz CT molecular complexity index is 2260. The predicted octanol–water partition coefficient (Wildman–Crippen LogP) is 2.39. The third kappa shape index (κ3) is 19.1. The number of hydrogen-bond acceptors (Lipinski definition) is 13. The van der Waals surface area contributed by atoms with Gasteiger partial charge in [-0.05, 0) is 61.8 Å². The van der Waals surface area contributed by atoms with Crippen molar-refractivity contribution < 1.29 is 53.0 Å². The maximum absolute atomic E-state index is 14.6. The Kier molecular flexibility index (Phi) is 25.1. The molecule has 1 aromatic carbocycles. The van der Waals surface area contributed by atoms with Crippen LogP contribution in [0.1, 0.15) is 116 Å². The van der Waals surface area contributed by atoms with E-state index in [-0.39, 0.29) is 36.9 Å². The molecule has 0 radical (unpaired) electrons. The first kappa shape index (κ1) is 61.3. The lowest BCUT2D eigenvalue weighted by atomic mass is 9.92. The topological polar surface area (TPSA) is 275 Å². The number of ether oxygens (including phenoxy) is 1. The average molecular weight is 1020 g/mol. The molecule has 20 nitrogen and oxygen atoms in total. The smallest absolute Gasteiger partial charge is 0.306 e. The Labute approximate surface area is 427 Å². The molecule has 0 fully saturated rings. The fourth-order valence-corrected chi connectivity index (χ4v) is 8.75. The fourth-order valence-electron chi connectivity index (χ4n) is 7.91. The van der Waals surface area contributed by atoms with E-state index in [4.69, 9.17) is 17.6 Å². The van der Waals surface area contributed by atoms with Gasteiger partial charge in [0.25, 0.3) is 17.7 Å². The summed E-state index contributed by atoms with van der Waals surface area (Å²) in [6, 6.07) is 4.03. The number of nitrogens with one attached hydrogen (secondary N) is 6. The molecule has 21 heteroatoms. The molecule has 0 aliphatic rings. The second-order valence-corrected chi connectivity index (χ2v) is 19.5. The van der Waals surface area contributed by atoms with Crippen LogP contribution in [0, 0.1) is 48.4 Å². The van der Waals surface area contributed by atoms with Crippen LogP contribution in [0.25, 0.3) is 0 Å². The third-order valence-corrected chi connectivity index (χ3v) is 13.1. The van der Waals surface area contributed by atoms with E-state index >= 15 is 0 Å². The summed E-state index contributed by atoms with van der Waals surface area (Å²) in [5.41, 5.74) is 0.961. The van der Waals surface area contributed by atoms with Crippen LogP contribution in [-0.2, 0) is 49.5 Å². The third-order valence-electron chi connectivity index (χ3n) is 12.2. The van der Waals surface area contributed by atoms with Crippen molar-refractivity contribution >= 4 is 64.6 Å². The molecular formula is C51H73N9O11S. The van der Waals surface area contributed by atoms with Crippen molar-refractivity contribution in [2.45, 2.75) is 143 Å². The van der Waals surface area contributed by atoms with Crippen LogP contribution in [-0.4, -0.2) is 136 Å². The fraction of sp³-hybridized carbons (Fsp3) is 0.569. The van der Waals surface area contributed by atoms with E-state index in [1.54, 1.807) is 27.8 Å². The van der Waals surface area contributed by atoms with E-state index < -0.39 is 114 Å².